The van der Waals surface area contributed by atoms with E-state index in [1.54, 1.807) is 13.8 Å². The third-order valence-corrected chi connectivity index (χ3v) is 2.71. The van der Waals surface area contributed by atoms with Crippen molar-refractivity contribution in [3.05, 3.63) is 0 Å². The molecule has 0 aliphatic carbocycles. The Labute approximate surface area is 93.6 Å². The summed E-state index contributed by atoms with van der Waals surface area (Å²) in [7, 11) is 0. The Hall–Kier alpha value is -1.59. The molecule has 16 heavy (non-hydrogen) atoms. The number of aliphatic carboxylic acids is 1. The smallest absolute Gasteiger partial charge is 0.308 e. The number of nitrogens with zero attached hydrogens (tertiary/aromatic N) is 1. The van der Waals surface area contributed by atoms with E-state index in [-0.39, 0.29) is 24.8 Å². The molecule has 1 heterocycles. The number of nitrogens with one attached hydrogen (secondary N) is 1. The standard InChI is InChI=1S/C10H16N2O4/c1-3-11-9(14)6(2)12-5-7(10(15)16)4-8(12)13/h6-7H,3-5H2,1-2H3,(H,11,14)(H,15,16). The van der Waals surface area contributed by atoms with Crippen molar-refractivity contribution in [1.29, 1.82) is 0 Å². The molecule has 2 unspecified atom stereocenters. The predicted octanol–water partition coefficient (Wildman–Crippen LogP) is -0.556. The molecule has 0 aromatic rings. The van der Waals surface area contributed by atoms with Gasteiger partial charge in [-0.2, -0.15) is 0 Å². The highest BCUT2D eigenvalue weighted by atomic mass is 16.4. The number of likely N-dealkylation sites (tertiary alicyclic amines) is 1. The summed E-state index contributed by atoms with van der Waals surface area (Å²) < 4.78 is 0. The summed E-state index contributed by atoms with van der Waals surface area (Å²) in [5.41, 5.74) is 0. The molecular weight excluding hydrogens is 212 g/mol. The zero-order valence-corrected chi connectivity index (χ0v) is 9.40. The lowest BCUT2D eigenvalue weighted by Crippen LogP contribution is -2.46. The molecule has 2 atom stereocenters. The molecular formula is C10H16N2O4. The zero-order chi connectivity index (χ0) is 12.3. The van der Waals surface area contributed by atoms with Gasteiger partial charge in [0.2, 0.25) is 11.8 Å². The van der Waals surface area contributed by atoms with Crippen LogP contribution >= 0.6 is 0 Å². The van der Waals surface area contributed by atoms with Crippen molar-refractivity contribution in [3.8, 4) is 0 Å². The quantitative estimate of drug-likeness (QED) is 0.675. The van der Waals surface area contributed by atoms with Gasteiger partial charge in [0.05, 0.1) is 5.92 Å². The molecule has 0 bridgehead atoms. The molecule has 0 radical (unpaired) electrons. The molecule has 1 saturated heterocycles. The number of likely N-dealkylation sites (N-methyl/N-ethyl adjacent to an activating group) is 1. The Morgan fingerprint density at radius 1 is 1.62 bits per heavy atom. The minimum Gasteiger partial charge on any atom is -0.481 e. The third-order valence-electron chi connectivity index (χ3n) is 2.71. The average molecular weight is 228 g/mol. The molecule has 1 rings (SSSR count). The molecule has 0 saturated carbocycles. The van der Waals surface area contributed by atoms with Crippen LogP contribution in [0.4, 0.5) is 0 Å². The summed E-state index contributed by atoms with van der Waals surface area (Å²) in [6, 6.07) is -0.600. The van der Waals surface area contributed by atoms with Gasteiger partial charge in [0, 0.05) is 19.5 Å². The topological polar surface area (TPSA) is 86.7 Å². The summed E-state index contributed by atoms with van der Waals surface area (Å²) in [5, 5.41) is 11.4. The van der Waals surface area contributed by atoms with Gasteiger partial charge in [-0.1, -0.05) is 0 Å². The van der Waals surface area contributed by atoms with Gasteiger partial charge in [-0.05, 0) is 13.8 Å². The molecule has 0 aromatic carbocycles. The number of amides is 2. The maximum absolute atomic E-state index is 11.5. The summed E-state index contributed by atoms with van der Waals surface area (Å²) >= 11 is 0. The Morgan fingerprint density at radius 3 is 2.69 bits per heavy atom. The maximum Gasteiger partial charge on any atom is 0.308 e. The van der Waals surface area contributed by atoms with E-state index in [4.69, 9.17) is 5.11 Å². The number of hydrogen-bond acceptors (Lipinski definition) is 3. The highest BCUT2D eigenvalue weighted by Gasteiger charge is 2.38. The average Bonchev–Trinajstić information content (AvgIpc) is 2.60. The third kappa shape index (κ3) is 2.50. The second kappa shape index (κ2) is 4.96. The summed E-state index contributed by atoms with van der Waals surface area (Å²) in [4.78, 5) is 35.1. The lowest BCUT2D eigenvalue weighted by molar-refractivity contribution is -0.141. The van der Waals surface area contributed by atoms with E-state index < -0.39 is 17.9 Å². The van der Waals surface area contributed by atoms with Crippen molar-refractivity contribution in [2.75, 3.05) is 13.1 Å². The molecule has 1 fully saturated rings. The normalized spacial score (nSPS) is 22.0. The van der Waals surface area contributed by atoms with E-state index in [1.165, 1.54) is 4.90 Å². The molecule has 6 heteroatoms. The number of carbonyl (C=O) groups excluding carboxylic acids is 2. The van der Waals surface area contributed by atoms with E-state index in [0.717, 1.165) is 0 Å². The second-order valence-electron chi connectivity index (χ2n) is 3.86. The van der Waals surface area contributed by atoms with Crippen molar-refractivity contribution >= 4 is 17.8 Å². The fraction of sp³-hybridized carbons (Fsp3) is 0.700. The molecule has 6 nitrogen and oxygen atoms in total. The van der Waals surface area contributed by atoms with E-state index in [2.05, 4.69) is 5.32 Å². The second-order valence-corrected chi connectivity index (χ2v) is 3.86. The molecule has 0 spiro atoms. The highest BCUT2D eigenvalue weighted by Crippen LogP contribution is 2.20. The fourth-order valence-corrected chi connectivity index (χ4v) is 1.73. The molecule has 90 valence electrons. The Balaban J connectivity index is 2.64. The fourth-order valence-electron chi connectivity index (χ4n) is 1.73. The highest BCUT2D eigenvalue weighted by molar-refractivity contribution is 5.91. The van der Waals surface area contributed by atoms with Crippen molar-refractivity contribution in [2.24, 2.45) is 5.92 Å². The first-order valence-electron chi connectivity index (χ1n) is 5.27. The van der Waals surface area contributed by atoms with Crippen LogP contribution in [0.5, 0.6) is 0 Å². The summed E-state index contributed by atoms with van der Waals surface area (Å²) in [5.74, 6) is -2.20. The monoisotopic (exact) mass is 228 g/mol. The Morgan fingerprint density at radius 2 is 2.25 bits per heavy atom. The maximum atomic E-state index is 11.5. The molecule has 1 aliphatic rings. The Kier molecular flexibility index (Phi) is 3.87. The van der Waals surface area contributed by atoms with Crippen LogP contribution in [0.15, 0.2) is 0 Å². The number of rotatable bonds is 4. The number of carboxylic acid groups (broad SMARTS) is 1. The number of hydrogen-bond donors (Lipinski definition) is 2. The van der Waals surface area contributed by atoms with Crippen molar-refractivity contribution in [1.82, 2.24) is 10.2 Å². The number of carboxylic acids is 1. The van der Waals surface area contributed by atoms with Gasteiger partial charge in [-0.15, -0.1) is 0 Å². The van der Waals surface area contributed by atoms with Gasteiger partial charge in [0.15, 0.2) is 0 Å². The minimum atomic E-state index is -0.987. The summed E-state index contributed by atoms with van der Waals surface area (Å²) in [6.45, 7) is 4.00. The largest absolute Gasteiger partial charge is 0.481 e. The van der Waals surface area contributed by atoms with Gasteiger partial charge >= 0.3 is 5.97 Å². The number of carbonyl (C=O) groups is 3. The van der Waals surface area contributed by atoms with Crippen LogP contribution in [-0.2, 0) is 14.4 Å². The van der Waals surface area contributed by atoms with Gasteiger partial charge in [-0.25, -0.2) is 0 Å². The van der Waals surface area contributed by atoms with Crippen LogP contribution in [0.25, 0.3) is 0 Å². The molecule has 1 aliphatic heterocycles. The SMILES string of the molecule is CCNC(=O)C(C)N1CC(C(=O)O)CC1=O. The van der Waals surface area contributed by atoms with Crippen molar-refractivity contribution in [2.45, 2.75) is 26.3 Å². The van der Waals surface area contributed by atoms with Crippen LogP contribution in [0.2, 0.25) is 0 Å². The predicted molar refractivity (Wildman–Crippen MR) is 55.6 cm³/mol. The zero-order valence-electron chi connectivity index (χ0n) is 9.40. The van der Waals surface area contributed by atoms with Crippen LogP contribution in [0, 0.1) is 5.92 Å². The van der Waals surface area contributed by atoms with Gasteiger partial charge in [-0.3, -0.25) is 14.4 Å². The minimum absolute atomic E-state index is 0.0148. The lowest BCUT2D eigenvalue weighted by atomic mass is 10.1. The van der Waals surface area contributed by atoms with E-state index in [9.17, 15) is 14.4 Å². The first kappa shape index (κ1) is 12.5. The first-order valence-corrected chi connectivity index (χ1v) is 5.27. The lowest BCUT2D eigenvalue weighted by Gasteiger charge is -2.23. The van der Waals surface area contributed by atoms with E-state index >= 15 is 0 Å². The van der Waals surface area contributed by atoms with Gasteiger partial charge < -0.3 is 15.3 Å². The Bertz CT molecular complexity index is 316. The summed E-state index contributed by atoms with van der Waals surface area (Å²) in [6.07, 6.45) is -0.0148. The van der Waals surface area contributed by atoms with Crippen LogP contribution in [0.1, 0.15) is 20.3 Å². The molecule has 2 N–H and O–H groups in total. The van der Waals surface area contributed by atoms with Crippen molar-refractivity contribution < 1.29 is 19.5 Å². The molecule has 0 aromatic heterocycles. The molecule has 2 amide bonds. The van der Waals surface area contributed by atoms with Crippen LogP contribution in [-0.4, -0.2) is 46.9 Å². The van der Waals surface area contributed by atoms with Gasteiger partial charge in [0.25, 0.3) is 0 Å². The first-order chi connectivity index (χ1) is 7.47. The van der Waals surface area contributed by atoms with Gasteiger partial charge in [0.1, 0.15) is 6.04 Å². The van der Waals surface area contributed by atoms with Crippen LogP contribution in [0.3, 0.4) is 0 Å². The van der Waals surface area contributed by atoms with Crippen molar-refractivity contribution in [3.63, 3.8) is 0 Å². The van der Waals surface area contributed by atoms with Crippen LogP contribution < -0.4 is 5.32 Å². The van der Waals surface area contributed by atoms with E-state index in [1.807, 2.05) is 0 Å². The van der Waals surface area contributed by atoms with E-state index in [0.29, 0.717) is 6.54 Å².